The van der Waals surface area contributed by atoms with Crippen LogP contribution in [-0.4, -0.2) is 18.0 Å². The highest BCUT2D eigenvalue weighted by Gasteiger charge is 2.08. The first-order valence-corrected chi connectivity index (χ1v) is 5.60. The van der Waals surface area contributed by atoms with E-state index in [1.165, 1.54) is 0 Å². The maximum atomic E-state index is 11.2. The van der Waals surface area contributed by atoms with Crippen molar-refractivity contribution in [1.82, 2.24) is 0 Å². The molecular weight excluding hydrogens is 208 g/mol. The van der Waals surface area contributed by atoms with Crippen LogP contribution in [0.1, 0.15) is 46.0 Å². The Hall–Kier alpha value is -1.32. The van der Waals surface area contributed by atoms with Gasteiger partial charge in [-0.25, -0.2) is 0 Å². The van der Waals surface area contributed by atoms with Gasteiger partial charge in [0.1, 0.15) is 0 Å². The molecule has 4 heteroatoms. The van der Waals surface area contributed by atoms with Crippen molar-refractivity contribution in [1.29, 1.82) is 0 Å². The highest BCUT2D eigenvalue weighted by molar-refractivity contribution is 5.71. The molecule has 1 atom stereocenters. The van der Waals surface area contributed by atoms with Gasteiger partial charge in [-0.15, -0.1) is 0 Å². The Labute approximate surface area is 96.6 Å². The van der Waals surface area contributed by atoms with E-state index >= 15 is 0 Å². The van der Waals surface area contributed by atoms with Gasteiger partial charge in [-0.05, 0) is 26.2 Å². The van der Waals surface area contributed by atoms with Gasteiger partial charge in [-0.1, -0.05) is 13.5 Å². The molecule has 0 saturated heterocycles. The molecule has 0 aromatic carbocycles. The van der Waals surface area contributed by atoms with Crippen LogP contribution >= 0.6 is 0 Å². The Balaban J connectivity index is 3.47. The van der Waals surface area contributed by atoms with Crippen LogP contribution in [0.3, 0.4) is 0 Å². The van der Waals surface area contributed by atoms with E-state index in [0.29, 0.717) is 25.7 Å². The number of unbranched alkanes of at least 4 members (excludes halogenated alkanes) is 1. The van der Waals surface area contributed by atoms with E-state index in [-0.39, 0.29) is 18.0 Å². The Bertz CT molecular complexity index is 235. The first kappa shape index (κ1) is 14.7. The number of ether oxygens (including phenoxy) is 2. The predicted molar refractivity (Wildman–Crippen MR) is 60.6 cm³/mol. The Kier molecular flexibility index (Phi) is 8.21. The van der Waals surface area contributed by atoms with Gasteiger partial charge in [-0.2, -0.15) is 0 Å². The summed E-state index contributed by atoms with van der Waals surface area (Å²) in [5.41, 5.74) is 0. The van der Waals surface area contributed by atoms with E-state index in [0.717, 1.165) is 12.7 Å². The fourth-order valence-electron chi connectivity index (χ4n) is 1.06. The van der Waals surface area contributed by atoms with Crippen LogP contribution in [0.4, 0.5) is 0 Å². The third-order valence-corrected chi connectivity index (χ3v) is 2.13. The number of esters is 2. The van der Waals surface area contributed by atoms with E-state index in [1.54, 1.807) is 0 Å². The van der Waals surface area contributed by atoms with Gasteiger partial charge >= 0.3 is 11.9 Å². The third kappa shape index (κ3) is 8.03. The van der Waals surface area contributed by atoms with Crippen LogP contribution in [0.5, 0.6) is 0 Å². The van der Waals surface area contributed by atoms with Gasteiger partial charge < -0.3 is 9.47 Å². The molecule has 0 radical (unpaired) electrons. The molecule has 0 aliphatic rings. The lowest BCUT2D eigenvalue weighted by Crippen LogP contribution is -2.13. The number of carbonyl (C=O) groups excluding carboxylic acids is 2. The van der Waals surface area contributed by atoms with Crippen LogP contribution in [-0.2, 0) is 19.1 Å². The second-order valence-electron chi connectivity index (χ2n) is 3.57. The van der Waals surface area contributed by atoms with Crippen molar-refractivity contribution < 1.29 is 19.1 Å². The predicted octanol–water partition coefficient (Wildman–Crippen LogP) is 2.58. The number of carbonyl (C=O) groups is 2. The van der Waals surface area contributed by atoms with Crippen molar-refractivity contribution in [2.75, 3.05) is 0 Å². The van der Waals surface area contributed by atoms with Gasteiger partial charge in [0.15, 0.2) is 0 Å². The summed E-state index contributed by atoms with van der Waals surface area (Å²) < 4.78 is 9.62. The lowest BCUT2D eigenvalue weighted by Gasteiger charge is -2.10. The maximum Gasteiger partial charge on any atom is 0.310 e. The first-order valence-electron chi connectivity index (χ1n) is 5.60. The molecule has 0 bridgehead atoms. The molecule has 0 aromatic heterocycles. The van der Waals surface area contributed by atoms with E-state index in [9.17, 15) is 9.59 Å². The van der Waals surface area contributed by atoms with Gasteiger partial charge in [0.25, 0.3) is 0 Å². The third-order valence-electron chi connectivity index (χ3n) is 2.13. The zero-order valence-corrected chi connectivity index (χ0v) is 10.0. The average molecular weight is 228 g/mol. The molecule has 0 spiro atoms. The van der Waals surface area contributed by atoms with Gasteiger partial charge in [0.2, 0.25) is 0 Å². The van der Waals surface area contributed by atoms with Gasteiger partial charge in [0, 0.05) is 12.8 Å². The lowest BCUT2D eigenvalue weighted by molar-refractivity contribution is -0.148. The van der Waals surface area contributed by atoms with Crippen LogP contribution in [0, 0.1) is 0 Å². The van der Waals surface area contributed by atoms with Crippen LogP contribution in [0.2, 0.25) is 0 Å². The topological polar surface area (TPSA) is 52.6 Å². The molecule has 1 unspecified atom stereocenters. The highest BCUT2D eigenvalue weighted by atomic mass is 16.5. The van der Waals surface area contributed by atoms with Crippen molar-refractivity contribution in [3.63, 3.8) is 0 Å². The molecule has 0 rings (SSSR count). The summed E-state index contributed by atoms with van der Waals surface area (Å²) in [6.45, 7) is 7.10. The molecule has 0 N–H and O–H groups in total. The first-order chi connectivity index (χ1) is 7.60. The zero-order chi connectivity index (χ0) is 12.4. The SMILES string of the molecule is C=COC(=O)CCCCC(=O)OC(C)CC. The standard InChI is InChI=1S/C12H20O4/c1-4-10(3)16-12(14)9-7-6-8-11(13)15-5-2/h5,10H,2,4,6-9H2,1,3H3. The minimum absolute atomic E-state index is 0.0294. The van der Waals surface area contributed by atoms with E-state index < -0.39 is 0 Å². The van der Waals surface area contributed by atoms with Crippen molar-refractivity contribution in [3.05, 3.63) is 12.8 Å². The van der Waals surface area contributed by atoms with Crippen LogP contribution in [0.15, 0.2) is 12.8 Å². The second kappa shape index (κ2) is 8.95. The molecule has 0 fully saturated rings. The molecule has 0 saturated carbocycles. The molecule has 92 valence electrons. The van der Waals surface area contributed by atoms with Crippen molar-refractivity contribution in [3.8, 4) is 0 Å². The van der Waals surface area contributed by atoms with Gasteiger partial charge in [-0.3, -0.25) is 9.59 Å². The Morgan fingerprint density at radius 3 is 2.31 bits per heavy atom. The molecule has 0 amide bonds. The molecule has 16 heavy (non-hydrogen) atoms. The summed E-state index contributed by atoms with van der Waals surface area (Å²) in [5, 5.41) is 0. The minimum atomic E-state index is -0.315. The Morgan fingerprint density at radius 2 is 1.81 bits per heavy atom. The lowest BCUT2D eigenvalue weighted by atomic mass is 10.2. The van der Waals surface area contributed by atoms with E-state index in [2.05, 4.69) is 11.3 Å². The fraction of sp³-hybridized carbons (Fsp3) is 0.667. The summed E-state index contributed by atoms with van der Waals surface area (Å²) in [6.07, 6.45) is 3.83. The number of rotatable bonds is 8. The molecular formula is C12H20O4. The number of hydrogen-bond donors (Lipinski definition) is 0. The van der Waals surface area contributed by atoms with Gasteiger partial charge in [0.05, 0.1) is 12.4 Å². The second-order valence-corrected chi connectivity index (χ2v) is 3.57. The molecule has 0 aliphatic carbocycles. The molecule has 0 aliphatic heterocycles. The van der Waals surface area contributed by atoms with Crippen molar-refractivity contribution in [2.45, 2.75) is 52.1 Å². The molecule has 0 aromatic rings. The van der Waals surface area contributed by atoms with Crippen molar-refractivity contribution in [2.24, 2.45) is 0 Å². The monoisotopic (exact) mass is 228 g/mol. The maximum absolute atomic E-state index is 11.2. The zero-order valence-electron chi connectivity index (χ0n) is 10.0. The summed E-state index contributed by atoms with van der Waals surface area (Å²) in [6, 6.07) is 0. The minimum Gasteiger partial charge on any atom is -0.463 e. The average Bonchev–Trinajstić information content (AvgIpc) is 2.24. The summed E-state index contributed by atoms with van der Waals surface area (Å²) in [7, 11) is 0. The fourth-order valence-corrected chi connectivity index (χ4v) is 1.06. The van der Waals surface area contributed by atoms with Crippen LogP contribution < -0.4 is 0 Å². The number of hydrogen-bond acceptors (Lipinski definition) is 4. The van der Waals surface area contributed by atoms with E-state index in [4.69, 9.17) is 4.74 Å². The smallest absolute Gasteiger partial charge is 0.310 e. The largest absolute Gasteiger partial charge is 0.463 e. The quantitative estimate of drug-likeness (QED) is 0.364. The summed E-state index contributed by atoms with van der Waals surface area (Å²) in [5.74, 6) is -0.517. The molecule has 4 nitrogen and oxygen atoms in total. The van der Waals surface area contributed by atoms with E-state index in [1.807, 2.05) is 13.8 Å². The van der Waals surface area contributed by atoms with Crippen LogP contribution in [0.25, 0.3) is 0 Å². The summed E-state index contributed by atoms with van der Waals surface area (Å²) >= 11 is 0. The van der Waals surface area contributed by atoms with Crippen molar-refractivity contribution >= 4 is 11.9 Å². The normalized spacial score (nSPS) is 11.6. The summed E-state index contributed by atoms with van der Waals surface area (Å²) in [4.78, 5) is 22.1. The molecule has 0 heterocycles. The highest BCUT2D eigenvalue weighted by Crippen LogP contribution is 2.05. The Morgan fingerprint density at radius 1 is 1.25 bits per heavy atom.